The molecule has 3 heterocycles. The van der Waals surface area contributed by atoms with Crippen LogP contribution in [0.2, 0.25) is 0 Å². The van der Waals surface area contributed by atoms with Gasteiger partial charge < -0.3 is 15.4 Å². The normalized spacial score (nSPS) is 35.9. The zero-order chi connectivity index (χ0) is 12.4. The van der Waals surface area contributed by atoms with E-state index < -0.39 is 0 Å². The first-order valence-corrected chi connectivity index (χ1v) is 7.47. The lowest BCUT2D eigenvalue weighted by Gasteiger charge is -2.23. The maximum Gasteiger partial charge on any atom is 0.220 e. The molecule has 3 saturated heterocycles. The van der Waals surface area contributed by atoms with Crippen molar-refractivity contribution >= 4 is 5.91 Å². The molecule has 4 nitrogen and oxygen atoms in total. The van der Waals surface area contributed by atoms with E-state index in [9.17, 15) is 4.79 Å². The molecule has 3 rings (SSSR count). The van der Waals surface area contributed by atoms with E-state index in [1.165, 1.54) is 19.3 Å². The number of carbonyl (C=O) groups is 1. The van der Waals surface area contributed by atoms with Crippen LogP contribution in [0, 0.1) is 5.92 Å². The molecule has 0 aromatic heterocycles. The second-order valence-electron chi connectivity index (χ2n) is 6.02. The Morgan fingerprint density at radius 2 is 2.06 bits per heavy atom. The van der Waals surface area contributed by atoms with Crippen LogP contribution in [0.25, 0.3) is 0 Å². The zero-order valence-corrected chi connectivity index (χ0v) is 11.0. The minimum Gasteiger partial charge on any atom is -0.373 e. The average molecular weight is 252 g/mol. The molecule has 1 amide bonds. The summed E-state index contributed by atoms with van der Waals surface area (Å²) in [7, 11) is 0. The molecular weight excluding hydrogens is 228 g/mol. The van der Waals surface area contributed by atoms with Gasteiger partial charge in [-0.2, -0.15) is 0 Å². The molecule has 4 heteroatoms. The SMILES string of the molecule is O=C(CCC1CCNCC1)NC1CC2CCC1O2. The van der Waals surface area contributed by atoms with E-state index in [-0.39, 0.29) is 5.91 Å². The van der Waals surface area contributed by atoms with Crippen molar-refractivity contribution in [3.8, 4) is 0 Å². The number of carbonyl (C=O) groups excluding carboxylic acids is 1. The van der Waals surface area contributed by atoms with Crippen molar-refractivity contribution in [3.05, 3.63) is 0 Å². The fraction of sp³-hybridized carbons (Fsp3) is 0.929. The Labute approximate surface area is 109 Å². The van der Waals surface area contributed by atoms with Gasteiger partial charge in [0.05, 0.1) is 18.2 Å². The third-order valence-corrected chi connectivity index (χ3v) is 4.69. The Morgan fingerprint density at radius 1 is 1.22 bits per heavy atom. The van der Waals surface area contributed by atoms with Crippen LogP contribution in [0.1, 0.15) is 44.9 Å². The van der Waals surface area contributed by atoms with Crippen LogP contribution in [0.5, 0.6) is 0 Å². The third-order valence-electron chi connectivity index (χ3n) is 4.69. The van der Waals surface area contributed by atoms with E-state index in [1.54, 1.807) is 0 Å². The second-order valence-corrected chi connectivity index (χ2v) is 6.02. The number of hydrogen-bond donors (Lipinski definition) is 2. The molecule has 3 aliphatic rings. The highest BCUT2D eigenvalue weighted by molar-refractivity contribution is 5.76. The molecule has 0 radical (unpaired) electrons. The lowest BCUT2D eigenvalue weighted by atomic mass is 9.92. The first-order chi connectivity index (χ1) is 8.81. The molecule has 3 fully saturated rings. The minimum absolute atomic E-state index is 0.231. The Kier molecular flexibility index (Phi) is 3.85. The van der Waals surface area contributed by atoms with Crippen molar-refractivity contribution in [1.82, 2.24) is 10.6 Å². The smallest absolute Gasteiger partial charge is 0.220 e. The number of nitrogens with one attached hydrogen (secondary N) is 2. The standard InChI is InChI=1S/C14H24N2O2/c17-14(4-1-10-5-7-15-8-6-10)16-12-9-11-2-3-13(12)18-11/h10-13,15H,1-9H2,(H,16,17). The van der Waals surface area contributed by atoms with Gasteiger partial charge in [0.1, 0.15) is 0 Å². The number of ether oxygens (including phenoxy) is 1. The van der Waals surface area contributed by atoms with Crippen LogP contribution in [0.15, 0.2) is 0 Å². The van der Waals surface area contributed by atoms with E-state index in [4.69, 9.17) is 4.74 Å². The molecule has 3 unspecified atom stereocenters. The predicted octanol–water partition coefficient (Wildman–Crippen LogP) is 1.20. The molecule has 0 saturated carbocycles. The molecule has 3 aliphatic heterocycles. The summed E-state index contributed by atoms with van der Waals surface area (Å²) < 4.78 is 5.76. The molecule has 0 aromatic rings. The van der Waals surface area contributed by atoms with Gasteiger partial charge in [-0.05, 0) is 57.5 Å². The Bertz CT molecular complexity index is 302. The van der Waals surface area contributed by atoms with Crippen molar-refractivity contribution in [2.24, 2.45) is 5.92 Å². The number of rotatable bonds is 4. The Morgan fingerprint density at radius 3 is 2.72 bits per heavy atom. The van der Waals surface area contributed by atoms with Crippen LogP contribution in [-0.2, 0) is 9.53 Å². The fourth-order valence-corrected chi connectivity index (χ4v) is 3.57. The largest absolute Gasteiger partial charge is 0.373 e. The van der Waals surface area contributed by atoms with E-state index in [1.807, 2.05) is 0 Å². The lowest BCUT2D eigenvalue weighted by Crippen LogP contribution is -2.41. The van der Waals surface area contributed by atoms with Gasteiger partial charge >= 0.3 is 0 Å². The van der Waals surface area contributed by atoms with Gasteiger partial charge in [-0.1, -0.05) is 0 Å². The molecule has 2 bridgehead atoms. The first-order valence-electron chi connectivity index (χ1n) is 7.47. The minimum atomic E-state index is 0.231. The first kappa shape index (κ1) is 12.4. The summed E-state index contributed by atoms with van der Waals surface area (Å²) in [5, 5.41) is 6.53. The monoisotopic (exact) mass is 252 g/mol. The summed E-state index contributed by atoms with van der Waals surface area (Å²) in [6, 6.07) is 0.296. The number of piperidine rings is 1. The molecule has 102 valence electrons. The molecule has 2 N–H and O–H groups in total. The van der Waals surface area contributed by atoms with Crippen molar-refractivity contribution < 1.29 is 9.53 Å². The topological polar surface area (TPSA) is 50.4 Å². The average Bonchev–Trinajstić information content (AvgIpc) is 3.00. The highest BCUT2D eigenvalue weighted by Crippen LogP contribution is 2.34. The van der Waals surface area contributed by atoms with Crippen LogP contribution < -0.4 is 10.6 Å². The molecule has 3 atom stereocenters. The number of hydrogen-bond acceptors (Lipinski definition) is 3. The fourth-order valence-electron chi connectivity index (χ4n) is 3.57. The van der Waals surface area contributed by atoms with Gasteiger partial charge in [0.2, 0.25) is 5.91 Å². The zero-order valence-electron chi connectivity index (χ0n) is 11.0. The maximum atomic E-state index is 11.9. The lowest BCUT2D eigenvalue weighted by molar-refractivity contribution is -0.122. The van der Waals surface area contributed by atoms with Gasteiger partial charge in [-0.15, -0.1) is 0 Å². The summed E-state index contributed by atoms with van der Waals surface area (Å²) in [6.45, 7) is 2.24. The molecule has 18 heavy (non-hydrogen) atoms. The number of fused-ring (bicyclic) bond motifs is 2. The van der Waals surface area contributed by atoms with Crippen molar-refractivity contribution in [3.63, 3.8) is 0 Å². The van der Waals surface area contributed by atoms with Crippen LogP contribution in [-0.4, -0.2) is 37.2 Å². The highest BCUT2D eigenvalue weighted by Gasteiger charge is 2.41. The summed E-state index contributed by atoms with van der Waals surface area (Å²) >= 11 is 0. The Hall–Kier alpha value is -0.610. The summed E-state index contributed by atoms with van der Waals surface area (Å²) in [5.74, 6) is 0.975. The third kappa shape index (κ3) is 2.86. The molecule has 0 aliphatic carbocycles. The highest BCUT2D eigenvalue weighted by atomic mass is 16.5. The quantitative estimate of drug-likeness (QED) is 0.790. The van der Waals surface area contributed by atoms with Gasteiger partial charge in [-0.3, -0.25) is 4.79 Å². The summed E-state index contributed by atoms with van der Waals surface area (Å²) in [4.78, 5) is 11.9. The van der Waals surface area contributed by atoms with Gasteiger partial charge in [0.25, 0.3) is 0 Å². The Balaban J connectivity index is 1.36. The maximum absolute atomic E-state index is 11.9. The van der Waals surface area contributed by atoms with E-state index in [2.05, 4.69) is 10.6 Å². The predicted molar refractivity (Wildman–Crippen MR) is 69.3 cm³/mol. The van der Waals surface area contributed by atoms with E-state index >= 15 is 0 Å². The van der Waals surface area contributed by atoms with E-state index in [0.29, 0.717) is 24.7 Å². The molecule has 0 spiro atoms. The second kappa shape index (κ2) is 5.57. The van der Waals surface area contributed by atoms with Crippen LogP contribution >= 0.6 is 0 Å². The van der Waals surface area contributed by atoms with Crippen LogP contribution in [0.3, 0.4) is 0 Å². The molecular formula is C14H24N2O2. The van der Waals surface area contributed by atoms with Gasteiger partial charge in [0.15, 0.2) is 0 Å². The molecule has 0 aromatic carbocycles. The van der Waals surface area contributed by atoms with Crippen molar-refractivity contribution in [2.75, 3.05) is 13.1 Å². The summed E-state index contributed by atoms with van der Waals surface area (Å²) in [6.07, 6.45) is 8.27. The summed E-state index contributed by atoms with van der Waals surface area (Å²) in [5.41, 5.74) is 0. The van der Waals surface area contributed by atoms with Crippen molar-refractivity contribution in [2.45, 2.75) is 63.2 Å². The van der Waals surface area contributed by atoms with Crippen molar-refractivity contribution in [1.29, 1.82) is 0 Å². The van der Waals surface area contributed by atoms with Gasteiger partial charge in [-0.25, -0.2) is 0 Å². The van der Waals surface area contributed by atoms with Crippen LogP contribution in [0.4, 0.5) is 0 Å². The van der Waals surface area contributed by atoms with Gasteiger partial charge in [0, 0.05) is 6.42 Å². The van der Waals surface area contributed by atoms with E-state index in [0.717, 1.165) is 38.3 Å². The number of amides is 1.